The highest BCUT2D eigenvalue weighted by molar-refractivity contribution is 8.15. The summed E-state index contributed by atoms with van der Waals surface area (Å²) in [5.41, 5.74) is 4.49. The Balaban J connectivity index is 1.41. The average Bonchev–Trinajstić information content (AvgIpc) is 3.57. The van der Waals surface area contributed by atoms with Gasteiger partial charge in [-0.1, -0.05) is 29.4 Å². The number of anilines is 1. The maximum absolute atomic E-state index is 15.1. The van der Waals surface area contributed by atoms with Gasteiger partial charge in [-0.05, 0) is 36.8 Å². The Labute approximate surface area is 218 Å². The zero-order valence-corrected chi connectivity index (χ0v) is 20.6. The number of nitrogens with one attached hydrogen (secondary N) is 1. The van der Waals surface area contributed by atoms with Gasteiger partial charge in [0.05, 0.1) is 18.1 Å². The number of halogens is 5. The number of nitrogens with two attached hydrogens (primary N) is 1. The summed E-state index contributed by atoms with van der Waals surface area (Å²) in [4.78, 5) is 34.1. The highest BCUT2D eigenvalue weighted by Gasteiger charge is 2.67. The molecular formula is C24H20ClF4N5O2S. The molecule has 1 saturated heterocycles. The van der Waals surface area contributed by atoms with Gasteiger partial charge in [-0.25, -0.2) is 27.5 Å². The summed E-state index contributed by atoms with van der Waals surface area (Å²) < 4.78 is 55.2. The number of aromatic nitrogens is 1. The Morgan fingerprint density at radius 2 is 2.03 bits per heavy atom. The van der Waals surface area contributed by atoms with E-state index in [1.807, 2.05) is 0 Å². The van der Waals surface area contributed by atoms with Crippen molar-refractivity contribution in [1.82, 2.24) is 9.88 Å². The third-order valence-electron chi connectivity index (χ3n) is 6.65. The number of pyridine rings is 1. The number of benzene rings is 1. The molecule has 1 aromatic heterocycles. The van der Waals surface area contributed by atoms with E-state index >= 15 is 4.39 Å². The quantitative estimate of drug-likeness (QED) is 0.413. The summed E-state index contributed by atoms with van der Waals surface area (Å²) in [6.45, 7) is -2.41. The van der Waals surface area contributed by atoms with E-state index in [-0.39, 0.29) is 22.1 Å². The minimum atomic E-state index is -2.90. The van der Waals surface area contributed by atoms with E-state index in [2.05, 4.69) is 15.3 Å². The van der Waals surface area contributed by atoms with Crippen LogP contribution in [-0.2, 0) is 10.3 Å². The van der Waals surface area contributed by atoms with Crippen LogP contribution in [0.15, 0.2) is 53.7 Å². The molecule has 7 nitrogen and oxygen atoms in total. The monoisotopic (exact) mass is 553 g/mol. The lowest BCUT2D eigenvalue weighted by molar-refractivity contribution is -0.160. The molecule has 2 aromatic rings. The van der Waals surface area contributed by atoms with Crippen molar-refractivity contribution in [3.8, 4) is 0 Å². The third kappa shape index (κ3) is 4.68. The molecule has 194 valence electrons. The Bertz CT molecular complexity index is 1330. The molecule has 37 heavy (non-hydrogen) atoms. The molecule has 2 amide bonds. The number of hydrogen-bond donors (Lipinski definition) is 2. The number of nitrogens with zero attached hydrogens (tertiary/aromatic N) is 3. The van der Waals surface area contributed by atoms with Crippen LogP contribution in [0.2, 0.25) is 5.02 Å². The first-order valence-corrected chi connectivity index (χ1v) is 12.4. The zero-order valence-electron chi connectivity index (χ0n) is 19.1. The van der Waals surface area contributed by atoms with Gasteiger partial charge in [0, 0.05) is 34.2 Å². The summed E-state index contributed by atoms with van der Waals surface area (Å²) in [5, 5.41) is 2.95. The van der Waals surface area contributed by atoms with Crippen LogP contribution in [0.1, 0.15) is 22.5 Å². The Morgan fingerprint density at radius 3 is 2.68 bits per heavy atom. The second-order valence-corrected chi connectivity index (χ2v) is 11.0. The molecular weight excluding hydrogens is 534 g/mol. The summed E-state index contributed by atoms with van der Waals surface area (Å²) in [7, 11) is 0. The van der Waals surface area contributed by atoms with Gasteiger partial charge in [-0.2, -0.15) is 0 Å². The van der Waals surface area contributed by atoms with Crippen molar-refractivity contribution in [2.45, 2.75) is 22.6 Å². The van der Waals surface area contributed by atoms with Crippen molar-refractivity contribution >= 4 is 46.0 Å². The number of alkyl halides is 3. The lowest BCUT2D eigenvalue weighted by Crippen LogP contribution is -2.58. The van der Waals surface area contributed by atoms with Crippen LogP contribution in [-0.4, -0.2) is 57.3 Å². The maximum atomic E-state index is 15.1. The first-order chi connectivity index (χ1) is 17.5. The number of carbonyl (C=O) groups is 2. The average molecular weight is 554 g/mol. The highest BCUT2D eigenvalue weighted by atomic mass is 35.5. The van der Waals surface area contributed by atoms with Crippen LogP contribution in [0.4, 0.5) is 23.2 Å². The number of rotatable bonds is 6. The number of thioether (sulfide) groups is 1. The lowest BCUT2D eigenvalue weighted by Gasteiger charge is -2.38. The number of hydrogen-bond acceptors (Lipinski definition) is 6. The molecule has 1 aliphatic carbocycles. The summed E-state index contributed by atoms with van der Waals surface area (Å²) in [6.07, 6.45) is 4.33. The predicted octanol–water partition coefficient (Wildman–Crippen LogP) is 4.15. The molecule has 13 heteroatoms. The Hall–Kier alpha value is -3.12. The fraction of sp³-hybridized carbons (Fsp3) is 0.333. The van der Waals surface area contributed by atoms with Gasteiger partial charge in [0.15, 0.2) is 5.17 Å². The van der Waals surface area contributed by atoms with Gasteiger partial charge in [0.25, 0.3) is 11.8 Å². The van der Waals surface area contributed by atoms with E-state index in [0.717, 1.165) is 22.7 Å². The molecule has 5 rings (SSSR count). The molecule has 3 aliphatic rings. The lowest BCUT2D eigenvalue weighted by atomic mass is 9.84. The number of amidine groups is 1. The van der Waals surface area contributed by atoms with Gasteiger partial charge in [0.1, 0.15) is 23.7 Å². The first-order valence-electron chi connectivity index (χ1n) is 11.2. The zero-order chi connectivity index (χ0) is 26.6. The van der Waals surface area contributed by atoms with Crippen molar-refractivity contribution in [3.05, 3.63) is 70.8 Å². The number of amides is 2. The van der Waals surface area contributed by atoms with E-state index in [9.17, 15) is 22.8 Å². The standard InChI is InChI=1S/C24H20ClF4N5O2S/c25-13-1-4-17(31-9-13)20(36)32-14-2-3-16(27)15(7-14)24(10-26)18-8-22(18,37-21(30)33-24)6-5-19(35)34-11-23(28,29)12-34/h1-7,9,18H,8,10-12H2,(H2,30,33)(H,32,36)/b6-5+/t18-,22+,24-/m1/s1. The van der Waals surface area contributed by atoms with Crippen molar-refractivity contribution in [2.75, 3.05) is 25.1 Å². The fourth-order valence-electron chi connectivity index (χ4n) is 4.72. The molecule has 2 aliphatic heterocycles. The van der Waals surface area contributed by atoms with Gasteiger partial charge in [-0.15, -0.1) is 0 Å². The topological polar surface area (TPSA) is 101 Å². The summed E-state index contributed by atoms with van der Waals surface area (Å²) >= 11 is 6.92. The Morgan fingerprint density at radius 1 is 1.27 bits per heavy atom. The minimum Gasteiger partial charge on any atom is -0.378 e. The van der Waals surface area contributed by atoms with Crippen molar-refractivity contribution < 1.29 is 27.2 Å². The predicted molar refractivity (Wildman–Crippen MR) is 132 cm³/mol. The maximum Gasteiger partial charge on any atom is 0.282 e. The molecule has 1 saturated carbocycles. The van der Waals surface area contributed by atoms with Crippen LogP contribution in [0, 0.1) is 11.7 Å². The summed E-state index contributed by atoms with van der Waals surface area (Å²) in [5.74, 6) is -5.38. The van der Waals surface area contributed by atoms with Crippen LogP contribution >= 0.6 is 23.4 Å². The van der Waals surface area contributed by atoms with Gasteiger partial charge < -0.3 is 16.0 Å². The van der Waals surface area contributed by atoms with Gasteiger partial charge in [-0.3, -0.25) is 9.59 Å². The third-order valence-corrected chi connectivity index (χ3v) is 8.14. The number of likely N-dealkylation sites (tertiary alicyclic amines) is 1. The number of fused-ring (bicyclic) bond motifs is 1. The molecule has 0 radical (unpaired) electrons. The van der Waals surface area contributed by atoms with Crippen LogP contribution in [0.3, 0.4) is 0 Å². The molecule has 1 aromatic carbocycles. The molecule has 0 unspecified atom stereocenters. The van der Waals surface area contributed by atoms with Crippen LogP contribution < -0.4 is 11.1 Å². The van der Waals surface area contributed by atoms with E-state index in [1.165, 1.54) is 42.6 Å². The molecule has 3 heterocycles. The van der Waals surface area contributed by atoms with Crippen LogP contribution in [0.5, 0.6) is 0 Å². The largest absolute Gasteiger partial charge is 0.378 e. The smallest absolute Gasteiger partial charge is 0.282 e. The van der Waals surface area contributed by atoms with Crippen molar-refractivity contribution in [3.63, 3.8) is 0 Å². The summed E-state index contributed by atoms with van der Waals surface area (Å²) in [6, 6.07) is 6.63. The minimum absolute atomic E-state index is 0.00168. The van der Waals surface area contributed by atoms with E-state index < -0.39 is 59.5 Å². The SMILES string of the molecule is NC1=N[C@](CF)(c2cc(NC(=O)c3ccc(Cl)cn3)ccc2F)[C@@H]2C[C@]2(/C=C/C(=O)N2CC(F)(F)C2)S1. The van der Waals surface area contributed by atoms with Crippen molar-refractivity contribution in [2.24, 2.45) is 16.6 Å². The molecule has 0 spiro atoms. The first kappa shape index (κ1) is 25.5. The Kier molecular flexibility index (Phi) is 6.22. The van der Waals surface area contributed by atoms with Gasteiger partial charge >= 0.3 is 0 Å². The van der Waals surface area contributed by atoms with Crippen molar-refractivity contribution in [1.29, 1.82) is 0 Å². The molecule has 0 bridgehead atoms. The van der Waals surface area contributed by atoms with E-state index in [4.69, 9.17) is 17.3 Å². The normalized spacial score (nSPS) is 27.8. The number of carbonyl (C=O) groups excluding carboxylic acids is 2. The second kappa shape index (κ2) is 9.02. The fourth-order valence-corrected chi connectivity index (χ4v) is 6.16. The molecule has 3 atom stereocenters. The molecule has 3 N–H and O–H groups in total. The highest BCUT2D eigenvalue weighted by Crippen LogP contribution is 2.67. The second-order valence-electron chi connectivity index (χ2n) is 9.22. The van der Waals surface area contributed by atoms with E-state index in [0.29, 0.717) is 11.4 Å². The van der Waals surface area contributed by atoms with Gasteiger partial charge in [0.2, 0.25) is 5.91 Å². The molecule has 2 fully saturated rings. The van der Waals surface area contributed by atoms with Crippen LogP contribution in [0.25, 0.3) is 0 Å². The van der Waals surface area contributed by atoms with E-state index in [1.54, 1.807) is 0 Å². The number of aliphatic imine (C=N–C) groups is 1.